The van der Waals surface area contributed by atoms with Crippen LogP contribution < -0.4 is 10.5 Å². The lowest BCUT2D eigenvalue weighted by molar-refractivity contribution is 0.0632. The molecule has 0 aliphatic rings. The summed E-state index contributed by atoms with van der Waals surface area (Å²) < 4.78 is 31.8. The number of alkyl halides is 2. The smallest absolute Gasteiger partial charge is 0.320 e. The molecule has 0 amide bonds. The fraction of sp³-hybridized carbons (Fsp3) is 0.357. The zero-order valence-corrected chi connectivity index (χ0v) is 11.4. The Morgan fingerprint density at radius 3 is 2.50 bits per heavy atom. The fourth-order valence-corrected chi connectivity index (χ4v) is 2.16. The summed E-state index contributed by atoms with van der Waals surface area (Å²) in [5, 5.41) is 0. The van der Waals surface area contributed by atoms with E-state index in [1.807, 2.05) is 26.0 Å². The molecular weight excluding hydrogens is 264 g/mol. The van der Waals surface area contributed by atoms with E-state index in [2.05, 4.69) is 4.98 Å². The van der Waals surface area contributed by atoms with Crippen molar-refractivity contribution in [3.8, 4) is 5.75 Å². The molecule has 0 unspecified atom stereocenters. The molecule has 4 nitrogen and oxygen atoms in total. The van der Waals surface area contributed by atoms with Gasteiger partial charge in [-0.1, -0.05) is 12.1 Å². The number of hydrogen-bond acceptors (Lipinski definition) is 3. The second kappa shape index (κ2) is 6.00. The molecule has 0 fully saturated rings. The molecule has 2 rings (SSSR count). The average Bonchev–Trinajstić information content (AvgIpc) is 2.86. The minimum Gasteiger partial charge on any atom is -0.485 e. The highest BCUT2D eigenvalue weighted by Gasteiger charge is 2.13. The van der Waals surface area contributed by atoms with Gasteiger partial charge in [0, 0.05) is 18.9 Å². The second-order valence-electron chi connectivity index (χ2n) is 4.58. The van der Waals surface area contributed by atoms with Crippen LogP contribution in [0.15, 0.2) is 24.5 Å². The summed E-state index contributed by atoms with van der Waals surface area (Å²) in [6, 6.07) is 3.86. The summed E-state index contributed by atoms with van der Waals surface area (Å²) >= 11 is 0. The molecule has 2 N–H and O–H groups in total. The van der Waals surface area contributed by atoms with Crippen LogP contribution in [0.3, 0.4) is 0 Å². The van der Waals surface area contributed by atoms with Gasteiger partial charge < -0.3 is 10.5 Å². The van der Waals surface area contributed by atoms with Gasteiger partial charge in [-0.15, -0.1) is 0 Å². The Bertz CT molecular complexity index is 573. The Labute approximate surface area is 116 Å². The van der Waals surface area contributed by atoms with Crippen LogP contribution in [0.2, 0.25) is 0 Å². The third-order valence-electron chi connectivity index (χ3n) is 3.06. The minimum absolute atomic E-state index is 0.000984. The highest BCUT2D eigenvalue weighted by atomic mass is 19.3. The number of nitrogens with zero attached hydrogens (tertiary/aromatic N) is 2. The SMILES string of the molecule is Cc1cc(CN)cc(C)c1OCc1nccn1C(F)F. The van der Waals surface area contributed by atoms with E-state index in [9.17, 15) is 8.78 Å². The van der Waals surface area contributed by atoms with Crippen LogP contribution in [0, 0.1) is 13.8 Å². The molecule has 0 spiro atoms. The van der Waals surface area contributed by atoms with E-state index in [1.165, 1.54) is 12.4 Å². The van der Waals surface area contributed by atoms with Gasteiger partial charge in [0.1, 0.15) is 12.4 Å². The number of imidazole rings is 1. The predicted molar refractivity (Wildman–Crippen MR) is 71.6 cm³/mol. The third kappa shape index (κ3) is 2.96. The number of hydrogen-bond donors (Lipinski definition) is 1. The van der Waals surface area contributed by atoms with Crippen molar-refractivity contribution in [2.24, 2.45) is 5.73 Å². The van der Waals surface area contributed by atoms with Crippen molar-refractivity contribution in [3.05, 3.63) is 47.0 Å². The van der Waals surface area contributed by atoms with E-state index in [0.717, 1.165) is 21.3 Å². The molecule has 0 radical (unpaired) electrons. The van der Waals surface area contributed by atoms with Crippen molar-refractivity contribution in [2.45, 2.75) is 33.5 Å². The van der Waals surface area contributed by atoms with Gasteiger partial charge >= 0.3 is 6.55 Å². The molecule has 0 saturated heterocycles. The number of ether oxygens (including phenoxy) is 1. The van der Waals surface area contributed by atoms with Crippen LogP contribution in [0.25, 0.3) is 0 Å². The van der Waals surface area contributed by atoms with E-state index in [0.29, 0.717) is 12.3 Å². The van der Waals surface area contributed by atoms with Gasteiger partial charge in [-0.25, -0.2) is 4.98 Å². The summed E-state index contributed by atoms with van der Waals surface area (Å²) in [5.74, 6) is 0.882. The van der Waals surface area contributed by atoms with Gasteiger partial charge in [-0.2, -0.15) is 8.78 Å². The van der Waals surface area contributed by atoms with Gasteiger partial charge in [0.2, 0.25) is 0 Å². The van der Waals surface area contributed by atoms with Gasteiger partial charge in [0.25, 0.3) is 0 Å². The van der Waals surface area contributed by atoms with Crippen LogP contribution in [0.4, 0.5) is 8.78 Å². The number of aromatic nitrogens is 2. The summed E-state index contributed by atoms with van der Waals surface area (Å²) in [6.07, 6.45) is 2.57. The lowest BCUT2D eigenvalue weighted by atomic mass is 10.1. The summed E-state index contributed by atoms with van der Waals surface area (Å²) in [4.78, 5) is 3.88. The van der Waals surface area contributed by atoms with Crippen molar-refractivity contribution >= 4 is 0 Å². The van der Waals surface area contributed by atoms with Gasteiger partial charge in [0.15, 0.2) is 5.82 Å². The Hall–Kier alpha value is -1.95. The first-order valence-electron chi connectivity index (χ1n) is 6.25. The molecule has 0 bridgehead atoms. The normalized spacial score (nSPS) is 11.1. The van der Waals surface area contributed by atoms with Crippen molar-refractivity contribution < 1.29 is 13.5 Å². The monoisotopic (exact) mass is 281 g/mol. The third-order valence-corrected chi connectivity index (χ3v) is 3.06. The molecule has 2 aromatic rings. The van der Waals surface area contributed by atoms with Crippen LogP contribution in [0.5, 0.6) is 5.75 Å². The first-order valence-corrected chi connectivity index (χ1v) is 6.25. The van der Waals surface area contributed by atoms with Crippen LogP contribution in [-0.2, 0) is 13.2 Å². The van der Waals surface area contributed by atoms with E-state index in [1.54, 1.807) is 0 Å². The van der Waals surface area contributed by atoms with E-state index in [4.69, 9.17) is 10.5 Å². The molecule has 1 aromatic carbocycles. The predicted octanol–water partition coefficient (Wildman–Crippen LogP) is 2.93. The summed E-state index contributed by atoms with van der Waals surface area (Å²) in [7, 11) is 0. The maximum Gasteiger partial charge on any atom is 0.320 e. The summed E-state index contributed by atoms with van der Waals surface area (Å²) in [6.45, 7) is 1.65. The zero-order chi connectivity index (χ0) is 14.7. The molecule has 6 heteroatoms. The number of rotatable bonds is 5. The molecular formula is C14H17F2N3O. The zero-order valence-electron chi connectivity index (χ0n) is 11.4. The quantitative estimate of drug-likeness (QED) is 0.916. The second-order valence-corrected chi connectivity index (χ2v) is 4.58. The summed E-state index contributed by atoms with van der Waals surface area (Å²) in [5.41, 5.74) is 8.48. The van der Waals surface area contributed by atoms with Crippen molar-refractivity contribution in [3.63, 3.8) is 0 Å². The van der Waals surface area contributed by atoms with Crippen molar-refractivity contribution in [1.29, 1.82) is 0 Å². The standard InChI is InChI=1S/C14H17F2N3O/c1-9-5-11(7-17)6-10(2)13(9)20-8-12-18-3-4-19(12)14(15)16/h3-6,14H,7-8,17H2,1-2H3. The molecule has 1 aromatic heterocycles. The number of nitrogens with two attached hydrogens (primary N) is 1. The van der Waals surface area contributed by atoms with Crippen LogP contribution >= 0.6 is 0 Å². The fourth-order valence-electron chi connectivity index (χ4n) is 2.16. The van der Waals surface area contributed by atoms with Crippen molar-refractivity contribution in [2.75, 3.05) is 0 Å². The average molecular weight is 281 g/mol. The maximum atomic E-state index is 12.7. The molecule has 0 aliphatic heterocycles. The number of aryl methyl sites for hydroxylation is 2. The van der Waals surface area contributed by atoms with E-state index in [-0.39, 0.29) is 12.4 Å². The molecule has 0 atom stereocenters. The minimum atomic E-state index is -2.61. The molecule has 108 valence electrons. The first-order chi connectivity index (χ1) is 9.52. The molecule has 0 saturated carbocycles. The number of halogens is 2. The van der Waals surface area contributed by atoms with Crippen molar-refractivity contribution in [1.82, 2.24) is 9.55 Å². The Morgan fingerprint density at radius 1 is 1.30 bits per heavy atom. The highest BCUT2D eigenvalue weighted by molar-refractivity contribution is 5.43. The van der Waals surface area contributed by atoms with Gasteiger partial charge in [-0.05, 0) is 30.5 Å². The van der Waals surface area contributed by atoms with E-state index < -0.39 is 6.55 Å². The largest absolute Gasteiger partial charge is 0.485 e. The lowest BCUT2D eigenvalue weighted by Crippen LogP contribution is -2.08. The van der Waals surface area contributed by atoms with Gasteiger partial charge in [0.05, 0.1) is 0 Å². The molecule has 20 heavy (non-hydrogen) atoms. The molecule has 0 aliphatic carbocycles. The van der Waals surface area contributed by atoms with E-state index >= 15 is 0 Å². The molecule has 1 heterocycles. The Balaban J connectivity index is 2.17. The Kier molecular flexibility index (Phi) is 4.34. The van der Waals surface area contributed by atoms with Crippen LogP contribution in [0.1, 0.15) is 29.1 Å². The first kappa shape index (κ1) is 14.5. The topological polar surface area (TPSA) is 53.1 Å². The van der Waals surface area contributed by atoms with Gasteiger partial charge in [-0.3, -0.25) is 4.57 Å². The lowest BCUT2D eigenvalue weighted by Gasteiger charge is -2.14. The van der Waals surface area contributed by atoms with Crippen LogP contribution in [-0.4, -0.2) is 9.55 Å². The maximum absolute atomic E-state index is 12.7. The Morgan fingerprint density at radius 2 is 1.95 bits per heavy atom. The highest BCUT2D eigenvalue weighted by Crippen LogP contribution is 2.26. The number of benzene rings is 1.